The molecule has 1 N–H and O–H groups in total. The second kappa shape index (κ2) is 4.67. The highest BCUT2D eigenvalue weighted by atomic mass is 32.2. The Labute approximate surface area is 101 Å². The van der Waals surface area contributed by atoms with E-state index in [1.807, 2.05) is 11.8 Å². The van der Waals surface area contributed by atoms with E-state index in [1.165, 1.54) is 12.2 Å². The number of thioether (sulfide) groups is 1. The molecular weight excluding hydrogens is 220 g/mol. The van der Waals surface area contributed by atoms with Gasteiger partial charge in [0.15, 0.2) is 0 Å². The van der Waals surface area contributed by atoms with Crippen molar-refractivity contribution in [2.45, 2.75) is 38.6 Å². The number of hydrogen-bond donors (Lipinski definition) is 1. The molecule has 1 heterocycles. The Morgan fingerprint density at radius 3 is 2.81 bits per heavy atom. The predicted molar refractivity (Wildman–Crippen MR) is 64.9 cm³/mol. The maximum atomic E-state index is 12.0. The Kier molecular flexibility index (Phi) is 3.44. The van der Waals surface area contributed by atoms with Crippen molar-refractivity contribution in [3.63, 3.8) is 0 Å². The molecule has 3 nitrogen and oxygen atoms in total. The average Bonchev–Trinajstić information content (AvgIpc) is 2.25. The first-order chi connectivity index (χ1) is 7.66. The molecule has 88 valence electrons. The van der Waals surface area contributed by atoms with Crippen LogP contribution < -0.4 is 5.32 Å². The average molecular weight is 238 g/mol. The molecule has 16 heavy (non-hydrogen) atoms. The third-order valence-corrected chi connectivity index (χ3v) is 4.75. The minimum Gasteiger partial charge on any atom is -0.351 e. The number of nitrogens with zero attached hydrogens (tertiary/aromatic N) is 1. The molecule has 4 heteroatoms. The van der Waals surface area contributed by atoms with Gasteiger partial charge >= 0.3 is 0 Å². The van der Waals surface area contributed by atoms with Gasteiger partial charge in [-0.05, 0) is 37.4 Å². The summed E-state index contributed by atoms with van der Waals surface area (Å²) in [6.45, 7) is 2.10. The van der Waals surface area contributed by atoms with Gasteiger partial charge in [-0.25, -0.2) is 0 Å². The molecule has 1 atom stereocenters. The highest BCUT2D eigenvalue weighted by Crippen LogP contribution is 2.45. The van der Waals surface area contributed by atoms with Gasteiger partial charge < -0.3 is 5.32 Å². The molecule has 0 aromatic heterocycles. The lowest BCUT2D eigenvalue weighted by Crippen LogP contribution is -2.52. The number of nitrogens with one attached hydrogen (secondary N) is 1. The van der Waals surface area contributed by atoms with E-state index in [-0.39, 0.29) is 11.9 Å². The van der Waals surface area contributed by atoms with Crippen LogP contribution in [0, 0.1) is 22.7 Å². The summed E-state index contributed by atoms with van der Waals surface area (Å²) in [5.41, 5.74) is -0.707. The second-order valence-corrected chi connectivity index (χ2v) is 6.24. The van der Waals surface area contributed by atoms with Crippen LogP contribution in [0.25, 0.3) is 0 Å². The summed E-state index contributed by atoms with van der Waals surface area (Å²) in [7, 11) is 0. The topological polar surface area (TPSA) is 52.9 Å². The van der Waals surface area contributed by atoms with Gasteiger partial charge in [0.25, 0.3) is 0 Å². The molecule has 0 aromatic carbocycles. The molecule has 1 saturated heterocycles. The van der Waals surface area contributed by atoms with Crippen LogP contribution in [0.3, 0.4) is 0 Å². The maximum Gasteiger partial charge on any atom is 0.240 e. The SMILES string of the molecule is CC1CC(C#N)(C(=O)NC2CCCSC2)C1. The number of carbonyl (C=O) groups excluding carboxylic acids is 1. The smallest absolute Gasteiger partial charge is 0.240 e. The van der Waals surface area contributed by atoms with Crippen LogP contribution in [0.15, 0.2) is 0 Å². The predicted octanol–water partition coefficient (Wildman–Crippen LogP) is 1.94. The molecule has 1 aliphatic carbocycles. The number of amides is 1. The molecule has 2 fully saturated rings. The summed E-state index contributed by atoms with van der Waals surface area (Å²) in [4.78, 5) is 12.0. The Hall–Kier alpha value is -0.690. The van der Waals surface area contributed by atoms with E-state index in [0.29, 0.717) is 5.92 Å². The first-order valence-electron chi connectivity index (χ1n) is 5.96. The Morgan fingerprint density at radius 1 is 1.56 bits per heavy atom. The lowest BCUT2D eigenvalue weighted by molar-refractivity contribution is -0.134. The Bertz CT molecular complexity index is 311. The van der Waals surface area contributed by atoms with Gasteiger partial charge in [0.2, 0.25) is 5.91 Å². The van der Waals surface area contributed by atoms with Crippen LogP contribution in [0.1, 0.15) is 32.6 Å². The summed E-state index contributed by atoms with van der Waals surface area (Å²) in [5, 5.41) is 12.2. The lowest BCUT2D eigenvalue weighted by Gasteiger charge is -2.40. The molecule has 2 rings (SSSR count). The second-order valence-electron chi connectivity index (χ2n) is 5.09. The largest absolute Gasteiger partial charge is 0.351 e. The molecule has 1 unspecified atom stereocenters. The summed E-state index contributed by atoms with van der Waals surface area (Å²) in [5.74, 6) is 2.70. The summed E-state index contributed by atoms with van der Waals surface area (Å²) in [6, 6.07) is 2.50. The maximum absolute atomic E-state index is 12.0. The molecule has 2 aliphatic rings. The van der Waals surface area contributed by atoms with Crippen LogP contribution >= 0.6 is 11.8 Å². The summed E-state index contributed by atoms with van der Waals surface area (Å²) in [6.07, 6.45) is 3.70. The number of nitriles is 1. The minimum absolute atomic E-state index is 0.0272. The van der Waals surface area contributed by atoms with Gasteiger partial charge in [0.05, 0.1) is 6.07 Å². The van der Waals surface area contributed by atoms with Crippen LogP contribution in [0.5, 0.6) is 0 Å². The fourth-order valence-electron chi connectivity index (χ4n) is 2.64. The van der Waals surface area contributed by atoms with E-state index in [1.54, 1.807) is 0 Å². The normalized spacial score (nSPS) is 38.2. The quantitative estimate of drug-likeness (QED) is 0.800. The zero-order valence-electron chi connectivity index (χ0n) is 9.66. The van der Waals surface area contributed by atoms with E-state index < -0.39 is 5.41 Å². The Balaban J connectivity index is 1.89. The van der Waals surface area contributed by atoms with Gasteiger partial charge in [0, 0.05) is 11.8 Å². The first-order valence-corrected chi connectivity index (χ1v) is 7.12. The van der Waals surface area contributed by atoms with Crippen molar-refractivity contribution >= 4 is 17.7 Å². The monoisotopic (exact) mass is 238 g/mol. The highest BCUT2D eigenvalue weighted by molar-refractivity contribution is 7.99. The van der Waals surface area contributed by atoms with Crippen molar-refractivity contribution < 1.29 is 4.79 Å². The van der Waals surface area contributed by atoms with Gasteiger partial charge in [0.1, 0.15) is 5.41 Å². The Morgan fingerprint density at radius 2 is 2.31 bits per heavy atom. The molecule has 1 saturated carbocycles. The molecule has 0 aromatic rings. The van der Waals surface area contributed by atoms with Gasteiger partial charge in [-0.3, -0.25) is 4.79 Å². The van der Waals surface area contributed by atoms with E-state index in [9.17, 15) is 4.79 Å². The standard InChI is InChI=1S/C12H18N2OS/c1-9-5-12(6-9,8-13)11(15)14-10-3-2-4-16-7-10/h9-10H,2-7H2,1H3,(H,14,15). The fourth-order valence-corrected chi connectivity index (χ4v) is 3.71. The summed E-state index contributed by atoms with van der Waals surface area (Å²) < 4.78 is 0. The lowest BCUT2D eigenvalue weighted by atomic mass is 9.63. The van der Waals surface area contributed by atoms with E-state index in [0.717, 1.165) is 25.0 Å². The van der Waals surface area contributed by atoms with Crippen molar-refractivity contribution in [3.8, 4) is 6.07 Å². The highest BCUT2D eigenvalue weighted by Gasteiger charge is 2.49. The molecule has 0 spiro atoms. The van der Waals surface area contributed by atoms with Crippen LogP contribution in [-0.4, -0.2) is 23.5 Å². The van der Waals surface area contributed by atoms with Crippen molar-refractivity contribution in [2.75, 3.05) is 11.5 Å². The van der Waals surface area contributed by atoms with Crippen LogP contribution in [0.4, 0.5) is 0 Å². The third kappa shape index (κ3) is 2.20. The van der Waals surface area contributed by atoms with Gasteiger partial charge in [-0.1, -0.05) is 6.92 Å². The zero-order valence-corrected chi connectivity index (χ0v) is 10.5. The molecular formula is C12H18N2OS. The van der Waals surface area contributed by atoms with E-state index >= 15 is 0 Å². The fraction of sp³-hybridized carbons (Fsp3) is 0.833. The third-order valence-electron chi connectivity index (χ3n) is 3.54. The van der Waals surface area contributed by atoms with Gasteiger partial charge in [-0.15, -0.1) is 0 Å². The van der Waals surface area contributed by atoms with Crippen molar-refractivity contribution in [2.24, 2.45) is 11.3 Å². The minimum atomic E-state index is -0.707. The van der Waals surface area contributed by atoms with Crippen LogP contribution in [-0.2, 0) is 4.79 Å². The van der Waals surface area contributed by atoms with Crippen molar-refractivity contribution in [1.29, 1.82) is 5.26 Å². The van der Waals surface area contributed by atoms with Crippen LogP contribution in [0.2, 0.25) is 0 Å². The summed E-state index contributed by atoms with van der Waals surface area (Å²) >= 11 is 1.89. The molecule has 1 amide bonds. The molecule has 1 aliphatic heterocycles. The van der Waals surface area contributed by atoms with E-state index in [2.05, 4.69) is 18.3 Å². The van der Waals surface area contributed by atoms with E-state index in [4.69, 9.17) is 5.26 Å². The van der Waals surface area contributed by atoms with Gasteiger partial charge in [-0.2, -0.15) is 17.0 Å². The van der Waals surface area contributed by atoms with Crippen molar-refractivity contribution in [1.82, 2.24) is 5.32 Å². The number of carbonyl (C=O) groups is 1. The number of hydrogen-bond acceptors (Lipinski definition) is 3. The molecule has 0 bridgehead atoms. The zero-order chi connectivity index (χ0) is 11.6. The number of rotatable bonds is 2. The molecule has 0 radical (unpaired) electrons. The van der Waals surface area contributed by atoms with Crippen molar-refractivity contribution in [3.05, 3.63) is 0 Å². The first kappa shape index (κ1) is 11.8.